The highest BCUT2D eigenvalue weighted by atomic mass is 16.5. The largest absolute Gasteiger partial charge is 0.396 e. The number of nitrogens with zero attached hydrogens (tertiary/aromatic N) is 3. The van der Waals surface area contributed by atoms with Crippen molar-refractivity contribution in [3.8, 4) is 0 Å². The molecule has 0 saturated carbocycles. The summed E-state index contributed by atoms with van der Waals surface area (Å²) in [4.78, 5) is 48.1. The molecule has 8 heteroatoms. The first-order valence-electron chi connectivity index (χ1n) is 14.9. The van der Waals surface area contributed by atoms with Crippen LogP contribution in [0.3, 0.4) is 0 Å². The highest BCUT2D eigenvalue weighted by Gasteiger charge is 2.75. The molecule has 4 aliphatic heterocycles. The Balaban J connectivity index is 1.43. The number of rotatable bonds is 8. The number of unbranched alkanes of at least 4 members (excludes halogenated alkanes) is 3. The van der Waals surface area contributed by atoms with Gasteiger partial charge in [-0.05, 0) is 42.2 Å². The molecule has 0 aliphatic carbocycles. The first-order valence-corrected chi connectivity index (χ1v) is 14.9. The van der Waals surface area contributed by atoms with E-state index in [0.29, 0.717) is 38.9 Å². The van der Waals surface area contributed by atoms with Gasteiger partial charge in [-0.2, -0.15) is 0 Å². The van der Waals surface area contributed by atoms with Gasteiger partial charge in [-0.15, -0.1) is 0 Å². The number of anilines is 1. The molecule has 3 amide bonds. The molecular formula is C33H39N3O5. The standard InChI is InChI=1S/C33H39N3O5/c1-3-32-16-10-18-34(2)29(38)26(32)27-30(39)36(19-8-4-5-9-21-37)28-31(40)35(20-11-17-33(27,28)41-32)25-15-14-23-12-6-7-13-24(23)22-25/h6-7,10-17,22,26-28,37H,3-5,8-9,18-21H2,1-2H3/t26-,27+,28?,32+,33+/m1/s1. The number of aliphatic hydroxyl groups is 1. The maximum absolute atomic E-state index is 14.7. The van der Waals surface area contributed by atoms with Gasteiger partial charge in [0.05, 0.1) is 17.4 Å². The van der Waals surface area contributed by atoms with Crippen LogP contribution < -0.4 is 4.90 Å². The Morgan fingerprint density at radius 3 is 2.41 bits per heavy atom. The normalized spacial score (nSPS) is 31.0. The number of likely N-dealkylation sites (tertiary alicyclic amines) is 1. The monoisotopic (exact) mass is 557 g/mol. The highest BCUT2D eigenvalue weighted by Crippen LogP contribution is 2.58. The molecule has 6 rings (SSSR count). The molecule has 0 bridgehead atoms. The summed E-state index contributed by atoms with van der Waals surface area (Å²) in [7, 11) is 1.76. The van der Waals surface area contributed by atoms with Crippen molar-refractivity contribution in [3.05, 3.63) is 66.8 Å². The number of fused-ring (bicyclic) bond motifs is 3. The first-order chi connectivity index (χ1) is 19.9. The zero-order valence-corrected chi connectivity index (χ0v) is 23.9. The Hall–Kier alpha value is -3.49. The van der Waals surface area contributed by atoms with Crippen LogP contribution in [0.4, 0.5) is 5.69 Å². The van der Waals surface area contributed by atoms with E-state index in [9.17, 15) is 19.5 Å². The van der Waals surface area contributed by atoms with Crippen LogP contribution in [0.5, 0.6) is 0 Å². The van der Waals surface area contributed by atoms with Gasteiger partial charge < -0.3 is 24.5 Å². The van der Waals surface area contributed by atoms with Gasteiger partial charge in [-0.1, -0.05) is 74.4 Å². The van der Waals surface area contributed by atoms with E-state index in [1.54, 1.807) is 21.7 Å². The number of amides is 3. The summed E-state index contributed by atoms with van der Waals surface area (Å²) in [5.74, 6) is -2.00. The van der Waals surface area contributed by atoms with Gasteiger partial charge >= 0.3 is 0 Å². The Bertz CT molecular complexity index is 1420. The number of carbonyl (C=O) groups is 3. The average molecular weight is 558 g/mol. The molecule has 1 unspecified atom stereocenters. The molecule has 2 saturated heterocycles. The molecule has 2 aromatic rings. The van der Waals surface area contributed by atoms with Crippen LogP contribution in [0.25, 0.3) is 10.8 Å². The van der Waals surface area contributed by atoms with Crippen molar-refractivity contribution < 1.29 is 24.2 Å². The Morgan fingerprint density at radius 2 is 1.63 bits per heavy atom. The maximum Gasteiger partial charge on any atom is 0.253 e. The molecule has 8 nitrogen and oxygen atoms in total. The summed E-state index contributed by atoms with van der Waals surface area (Å²) in [6.07, 6.45) is 11.4. The van der Waals surface area contributed by atoms with Crippen molar-refractivity contribution in [2.45, 2.75) is 56.3 Å². The van der Waals surface area contributed by atoms with Crippen molar-refractivity contribution in [1.29, 1.82) is 0 Å². The summed E-state index contributed by atoms with van der Waals surface area (Å²) in [5.41, 5.74) is -1.44. The molecule has 2 aromatic carbocycles. The summed E-state index contributed by atoms with van der Waals surface area (Å²) in [6.45, 7) is 3.32. The van der Waals surface area contributed by atoms with Gasteiger partial charge in [0.15, 0.2) is 0 Å². The number of carbonyl (C=O) groups excluding carboxylic acids is 3. The van der Waals surface area contributed by atoms with Gasteiger partial charge in [-0.3, -0.25) is 14.4 Å². The van der Waals surface area contributed by atoms with E-state index in [2.05, 4.69) is 0 Å². The smallest absolute Gasteiger partial charge is 0.253 e. The first kappa shape index (κ1) is 27.7. The van der Waals surface area contributed by atoms with E-state index in [4.69, 9.17) is 4.74 Å². The predicted molar refractivity (Wildman–Crippen MR) is 157 cm³/mol. The van der Waals surface area contributed by atoms with Gasteiger partial charge in [0, 0.05) is 39.0 Å². The number of benzene rings is 2. The van der Waals surface area contributed by atoms with Gasteiger partial charge in [0.2, 0.25) is 11.8 Å². The lowest BCUT2D eigenvalue weighted by molar-refractivity contribution is -0.149. The summed E-state index contributed by atoms with van der Waals surface area (Å²) in [6, 6.07) is 13.1. The van der Waals surface area contributed by atoms with E-state index in [-0.39, 0.29) is 24.3 Å². The SMILES string of the molecule is CC[C@]12C=CCN(C)C(=O)[C@H]1[C@H]1C(=O)N(CCCCCCO)C3C(=O)N(c4ccc5ccccc5c4)CC=C[C@@]31O2. The summed E-state index contributed by atoms with van der Waals surface area (Å²) >= 11 is 0. The summed E-state index contributed by atoms with van der Waals surface area (Å²) < 4.78 is 7.00. The minimum atomic E-state index is -1.25. The van der Waals surface area contributed by atoms with Crippen LogP contribution in [-0.4, -0.2) is 83.2 Å². The van der Waals surface area contributed by atoms with Crippen molar-refractivity contribution in [2.75, 3.05) is 38.2 Å². The molecule has 216 valence electrons. The van der Waals surface area contributed by atoms with Crippen LogP contribution in [0.1, 0.15) is 39.0 Å². The lowest BCUT2D eigenvalue weighted by Crippen LogP contribution is -2.56. The minimum Gasteiger partial charge on any atom is -0.396 e. The van der Waals surface area contributed by atoms with Crippen molar-refractivity contribution in [3.63, 3.8) is 0 Å². The van der Waals surface area contributed by atoms with Gasteiger partial charge in [0.25, 0.3) is 5.91 Å². The van der Waals surface area contributed by atoms with Gasteiger partial charge in [0.1, 0.15) is 11.6 Å². The van der Waals surface area contributed by atoms with Crippen LogP contribution in [-0.2, 0) is 19.1 Å². The fourth-order valence-corrected chi connectivity index (χ4v) is 7.45. The third kappa shape index (κ3) is 4.30. The molecule has 4 heterocycles. The number of hydrogen-bond donors (Lipinski definition) is 1. The van der Waals surface area contributed by atoms with Crippen molar-refractivity contribution in [2.24, 2.45) is 11.8 Å². The highest BCUT2D eigenvalue weighted by molar-refractivity contribution is 6.06. The minimum absolute atomic E-state index is 0.118. The topological polar surface area (TPSA) is 90.4 Å². The second-order valence-corrected chi connectivity index (χ2v) is 11.8. The maximum atomic E-state index is 14.7. The van der Waals surface area contributed by atoms with Crippen molar-refractivity contribution in [1.82, 2.24) is 9.80 Å². The quantitative estimate of drug-likeness (QED) is 0.395. The average Bonchev–Trinajstić information content (AvgIpc) is 3.28. The molecule has 4 aliphatic rings. The predicted octanol–water partition coefficient (Wildman–Crippen LogP) is 3.68. The lowest BCUT2D eigenvalue weighted by Gasteiger charge is -2.38. The second kappa shape index (κ2) is 10.7. The van der Waals surface area contributed by atoms with Crippen LogP contribution >= 0.6 is 0 Å². The molecule has 1 N–H and O–H groups in total. The van der Waals surface area contributed by atoms with E-state index in [1.165, 1.54) is 0 Å². The number of ether oxygens (including phenoxy) is 1. The molecule has 41 heavy (non-hydrogen) atoms. The molecule has 0 aromatic heterocycles. The fourth-order valence-electron chi connectivity index (χ4n) is 7.45. The number of hydrogen-bond acceptors (Lipinski definition) is 5. The fraction of sp³-hybridized carbons (Fsp3) is 0.485. The van der Waals surface area contributed by atoms with E-state index in [1.807, 2.05) is 73.7 Å². The number of aliphatic hydroxyl groups excluding tert-OH is 1. The van der Waals surface area contributed by atoms with E-state index >= 15 is 0 Å². The zero-order chi connectivity index (χ0) is 28.8. The molecule has 2 fully saturated rings. The third-order valence-electron chi connectivity index (χ3n) is 9.49. The summed E-state index contributed by atoms with van der Waals surface area (Å²) in [5, 5.41) is 11.3. The Morgan fingerprint density at radius 1 is 0.878 bits per heavy atom. The molecular weight excluding hydrogens is 518 g/mol. The number of likely N-dealkylation sites (N-methyl/N-ethyl adjacent to an activating group) is 1. The molecule has 1 spiro atoms. The molecule has 0 radical (unpaired) electrons. The Labute approximate surface area is 241 Å². The van der Waals surface area contributed by atoms with E-state index < -0.39 is 29.1 Å². The second-order valence-electron chi connectivity index (χ2n) is 11.8. The zero-order valence-electron chi connectivity index (χ0n) is 23.9. The third-order valence-corrected chi connectivity index (χ3v) is 9.49. The van der Waals surface area contributed by atoms with Crippen LogP contribution in [0.2, 0.25) is 0 Å². The Kier molecular flexibility index (Phi) is 7.24. The lowest BCUT2D eigenvalue weighted by atomic mass is 9.73. The molecule has 5 atom stereocenters. The van der Waals surface area contributed by atoms with Crippen molar-refractivity contribution >= 4 is 34.2 Å². The van der Waals surface area contributed by atoms with Gasteiger partial charge in [-0.25, -0.2) is 0 Å². The van der Waals surface area contributed by atoms with Crippen LogP contribution in [0, 0.1) is 11.8 Å². The van der Waals surface area contributed by atoms with Crippen LogP contribution in [0.15, 0.2) is 66.8 Å². The van der Waals surface area contributed by atoms with E-state index in [0.717, 1.165) is 29.3 Å².